The average molecular weight is 338 g/mol. The Balaban J connectivity index is 2.74. The first-order chi connectivity index (χ1) is 9.38. The molecule has 0 saturated carbocycles. The molecular formula is C14H19Cl3N2O. The number of carbonyl (C=O) groups is 1. The smallest absolute Gasteiger partial charge is 0.228 e. The number of alkyl halides is 3. The van der Waals surface area contributed by atoms with E-state index < -0.39 is 3.79 Å². The predicted octanol–water partition coefficient (Wildman–Crippen LogP) is 5.06. The Morgan fingerprint density at radius 2 is 2.10 bits per heavy atom. The lowest BCUT2D eigenvalue weighted by atomic mass is 9.98. The molecule has 20 heavy (non-hydrogen) atoms. The molecule has 0 saturated heterocycles. The molecular weight excluding hydrogens is 319 g/mol. The summed E-state index contributed by atoms with van der Waals surface area (Å²) in [4.78, 5) is 16.2. The van der Waals surface area contributed by atoms with Crippen LogP contribution in [0.1, 0.15) is 45.1 Å². The monoisotopic (exact) mass is 336 g/mol. The van der Waals surface area contributed by atoms with Crippen LogP contribution in [0.15, 0.2) is 18.3 Å². The molecule has 6 heteroatoms. The maximum atomic E-state index is 12.2. The second-order valence-corrected chi connectivity index (χ2v) is 6.95. The number of amides is 1. The maximum Gasteiger partial charge on any atom is 0.228 e. The zero-order valence-electron chi connectivity index (χ0n) is 11.6. The van der Waals surface area contributed by atoms with Crippen LogP contribution in [-0.2, 0) is 8.59 Å². The normalized spacial score (nSPS) is 13.1. The van der Waals surface area contributed by atoms with Crippen LogP contribution in [-0.4, -0.2) is 10.9 Å². The maximum absolute atomic E-state index is 12.2. The Kier molecular flexibility index (Phi) is 7.07. The van der Waals surface area contributed by atoms with Gasteiger partial charge in [0.25, 0.3) is 0 Å². The molecule has 112 valence electrons. The van der Waals surface area contributed by atoms with Crippen molar-refractivity contribution >= 4 is 46.5 Å². The highest BCUT2D eigenvalue weighted by molar-refractivity contribution is 6.66. The number of rotatable bonds is 6. The van der Waals surface area contributed by atoms with E-state index in [1.807, 2.05) is 6.92 Å². The van der Waals surface area contributed by atoms with Crippen LogP contribution in [0.25, 0.3) is 0 Å². The molecule has 0 aliphatic heterocycles. The van der Waals surface area contributed by atoms with E-state index in [2.05, 4.69) is 17.2 Å². The highest BCUT2D eigenvalue weighted by Gasteiger charge is 2.24. The number of anilines is 1. The quantitative estimate of drug-likeness (QED) is 0.737. The van der Waals surface area contributed by atoms with Crippen LogP contribution >= 0.6 is 34.8 Å². The fourth-order valence-electron chi connectivity index (χ4n) is 1.87. The summed E-state index contributed by atoms with van der Waals surface area (Å²) < 4.78 is -1.52. The van der Waals surface area contributed by atoms with Crippen molar-refractivity contribution in [1.29, 1.82) is 0 Å². The summed E-state index contributed by atoms with van der Waals surface area (Å²) in [5.41, 5.74) is 0.481. The van der Waals surface area contributed by atoms with Crippen LogP contribution in [0.4, 0.5) is 5.82 Å². The average Bonchev–Trinajstić information content (AvgIpc) is 2.39. The summed E-state index contributed by atoms with van der Waals surface area (Å²) in [7, 11) is 0. The van der Waals surface area contributed by atoms with E-state index in [1.54, 1.807) is 12.1 Å². The van der Waals surface area contributed by atoms with Gasteiger partial charge in [0.1, 0.15) is 5.82 Å². The number of halogens is 3. The van der Waals surface area contributed by atoms with Crippen LogP contribution in [0.5, 0.6) is 0 Å². The van der Waals surface area contributed by atoms with Gasteiger partial charge in [0.2, 0.25) is 9.70 Å². The number of nitrogens with zero attached hydrogens (tertiary/aromatic N) is 1. The lowest BCUT2D eigenvalue weighted by Gasteiger charge is -2.16. The van der Waals surface area contributed by atoms with E-state index >= 15 is 0 Å². The fourth-order valence-corrected chi connectivity index (χ4v) is 2.23. The first-order valence-electron chi connectivity index (χ1n) is 6.72. The second kappa shape index (κ2) is 8.06. The van der Waals surface area contributed by atoms with Crippen LogP contribution in [0.2, 0.25) is 0 Å². The number of hydrogen-bond donors (Lipinski definition) is 1. The topological polar surface area (TPSA) is 42.0 Å². The van der Waals surface area contributed by atoms with Crippen molar-refractivity contribution in [3.8, 4) is 0 Å². The highest BCUT2D eigenvalue weighted by Crippen LogP contribution is 2.38. The number of hydrogen-bond acceptors (Lipinski definition) is 2. The van der Waals surface area contributed by atoms with Gasteiger partial charge in [-0.1, -0.05) is 61.5 Å². The first-order valence-corrected chi connectivity index (χ1v) is 7.86. The lowest BCUT2D eigenvalue weighted by Crippen LogP contribution is -2.23. The number of nitrogens with one attached hydrogen (secondary N) is 1. The molecule has 1 heterocycles. The molecule has 1 atom stereocenters. The Morgan fingerprint density at radius 3 is 2.65 bits per heavy atom. The summed E-state index contributed by atoms with van der Waals surface area (Å²) in [6.45, 7) is 4.11. The molecule has 1 amide bonds. The van der Waals surface area contributed by atoms with E-state index in [0.717, 1.165) is 25.7 Å². The minimum absolute atomic E-state index is 0.00633. The van der Waals surface area contributed by atoms with Crippen LogP contribution < -0.4 is 5.32 Å². The Hall–Kier alpha value is -0.510. The van der Waals surface area contributed by atoms with E-state index in [9.17, 15) is 4.79 Å². The van der Waals surface area contributed by atoms with Gasteiger partial charge in [-0.3, -0.25) is 4.79 Å². The van der Waals surface area contributed by atoms with Crippen molar-refractivity contribution in [2.24, 2.45) is 5.92 Å². The van der Waals surface area contributed by atoms with Gasteiger partial charge >= 0.3 is 0 Å². The van der Waals surface area contributed by atoms with Crippen LogP contribution in [0.3, 0.4) is 0 Å². The highest BCUT2D eigenvalue weighted by atomic mass is 35.6. The van der Waals surface area contributed by atoms with Crippen molar-refractivity contribution in [3.05, 3.63) is 23.9 Å². The molecule has 3 nitrogen and oxygen atoms in total. The van der Waals surface area contributed by atoms with Gasteiger partial charge in [-0.05, 0) is 25.0 Å². The molecule has 1 N–H and O–H groups in total. The molecule has 0 aliphatic rings. The second-order valence-electron chi connectivity index (χ2n) is 4.66. The van der Waals surface area contributed by atoms with E-state index in [0.29, 0.717) is 11.4 Å². The summed E-state index contributed by atoms with van der Waals surface area (Å²) in [6, 6.07) is 3.19. The zero-order chi connectivity index (χ0) is 15.2. The summed E-state index contributed by atoms with van der Waals surface area (Å²) in [5, 5.41) is 2.79. The Bertz CT molecular complexity index is 446. The van der Waals surface area contributed by atoms with E-state index in [-0.39, 0.29) is 11.8 Å². The predicted molar refractivity (Wildman–Crippen MR) is 85.4 cm³/mol. The van der Waals surface area contributed by atoms with E-state index in [4.69, 9.17) is 34.8 Å². The van der Waals surface area contributed by atoms with Gasteiger partial charge in [0.15, 0.2) is 0 Å². The summed E-state index contributed by atoms with van der Waals surface area (Å²) in [5.74, 6) is 0.372. The molecule has 0 fully saturated rings. The molecule has 1 aromatic rings. The third kappa shape index (κ3) is 5.47. The van der Waals surface area contributed by atoms with Gasteiger partial charge in [-0.2, -0.15) is 0 Å². The zero-order valence-corrected chi connectivity index (χ0v) is 13.9. The number of unbranched alkanes of at least 4 members (excludes halogenated alkanes) is 1. The molecule has 0 bridgehead atoms. The summed E-state index contributed by atoms with van der Waals surface area (Å²) >= 11 is 17.4. The molecule has 1 rings (SSSR count). The minimum atomic E-state index is -1.52. The molecule has 1 aromatic heterocycles. The van der Waals surface area contributed by atoms with Gasteiger partial charge in [0.05, 0.1) is 0 Å². The molecule has 0 aliphatic carbocycles. The van der Waals surface area contributed by atoms with E-state index in [1.165, 1.54) is 6.20 Å². The van der Waals surface area contributed by atoms with Gasteiger partial charge in [-0.25, -0.2) is 4.98 Å². The third-order valence-corrected chi connectivity index (χ3v) is 3.76. The third-order valence-electron chi connectivity index (χ3n) is 3.11. The van der Waals surface area contributed by atoms with Gasteiger partial charge < -0.3 is 5.32 Å². The first kappa shape index (κ1) is 17.5. The summed E-state index contributed by atoms with van der Waals surface area (Å²) in [6.07, 6.45) is 5.30. The van der Waals surface area contributed by atoms with Crippen molar-refractivity contribution in [3.63, 3.8) is 0 Å². The SMILES string of the molecule is CCCCC(CC)C(=O)Nc1cc(C(Cl)(Cl)Cl)ccn1. The fraction of sp³-hybridized carbons (Fsp3) is 0.571. The van der Waals surface area contributed by atoms with Crippen molar-refractivity contribution in [2.45, 2.75) is 43.3 Å². The van der Waals surface area contributed by atoms with Gasteiger partial charge in [0, 0.05) is 17.7 Å². The Morgan fingerprint density at radius 1 is 1.40 bits per heavy atom. The van der Waals surface area contributed by atoms with Gasteiger partial charge in [-0.15, -0.1) is 0 Å². The van der Waals surface area contributed by atoms with Crippen molar-refractivity contribution in [2.75, 3.05) is 5.32 Å². The number of carbonyl (C=O) groups excluding carboxylic acids is 1. The molecule has 0 spiro atoms. The molecule has 0 aromatic carbocycles. The standard InChI is InChI=1S/C14H19Cl3N2O/c1-3-5-6-10(4-2)13(20)19-12-9-11(7-8-18-12)14(15,16)17/h7-10H,3-6H2,1-2H3,(H,18,19,20). The van der Waals surface area contributed by atoms with Crippen molar-refractivity contribution in [1.82, 2.24) is 4.98 Å². The number of pyridine rings is 1. The Labute approximate surface area is 135 Å². The molecule has 1 unspecified atom stereocenters. The van der Waals surface area contributed by atoms with Crippen molar-refractivity contribution < 1.29 is 4.79 Å². The van der Waals surface area contributed by atoms with Crippen LogP contribution in [0, 0.1) is 5.92 Å². The number of aromatic nitrogens is 1. The minimum Gasteiger partial charge on any atom is -0.310 e. The lowest BCUT2D eigenvalue weighted by molar-refractivity contribution is -0.120. The molecule has 0 radical (unpaired) electrons. The largest absolute Gasteiger partial charge is 0.310 e.